The standard InChI is InChI=1S/C14H26N4O2/c1-2-15-14(20)18-9-6-12(7-10-18)17-11-3-4-13(19)16-8-5-11/h11-12,17H,2-10H2,1H3,(H,15,20)(H,16,19). The Kier molecular flexibility index (Phi) is 5.64. The molecule has 2 heterocycles. The van der Waals surface area contributed by atoms with Crippen LogP contribution in [0.15, 0.2) is 0 Å². The van der Waals surface area contributed by atoms with Crippen molar-refractivity contribution in [1.29, 1.82) is 0 Å². The summed E-state index contributed by atoms with van der Waals surface area (Å²) in [6.07, 6.45) is 4.53. The van der Waals surface area contributed by atoms with Gasteiger partial charge in [0.05, 0.1) is 0 Å². The van der Waals surface area contributed by atoms with E-state index in [9.17, 15) is 9.59 Å². The molecule has 2 saturated heterocycles. The molecule has 0 spiro atoms. The van der Waals surface area contributed by atoms with Gasteiger partial charge in [0.15, 0.2) is 0 Å². The number of hydrogen-bond acceptors (Lipinski definition) is 3. The molecule has 2 rings (SSSR count). The van der Waals surface area contributed by atoms with Crippen molar-refractivity contribution in [3.05, 3.63) is 0 Å². The van der Waals surface area contributed by atoms with E-state index in [4.69, 9.17) is 0 Å². The van der Waals surface area contributed by atoms with E-state index in [-0.39, 0.29) is 11.9 Å². The maximum absolute atomic E-state index is 11.7. The van der Waals surface area contributed by atoms with Crippen LogP contribution in [-0.2, 0) is 4.79 Å². The van der Waals surface area contributed by atoms with Gasteiger partial charge in [-0.3, -0.25) is 4.79 Å². The van der Waals surface area contributed by atoms with Crippen LogP contribution < -0.4 is 16.0 Å². The first kappa shape index (κ1) is 15.1. The van der Waals surface area contributed by atoms with E-state index in [1.54, 1.807) is 0 Å². The quantitative estimate of drug-likeness (QED) is 0.703. The minimum Gasteiger partial charge on any atom is -0.356 e. The number of carbonyl (C=O) groups is 2. The van der Waals surface area contributed by atoms with Crippen LogP contribution >= 0.6 is 0 Å². The molecule has 0 aromatic carbocycles. The maximum atomic E-state index is 11.7. The van der Waals surface area contributed by atoms with Crippen LogP contribution in [0.3, 0.4) is 0 Å². The number of amides is 3. The molecule has 114 valence electrons. The predicted molar refractivity (Wildman–Crippen MR) is 77.5 cm³/mol. The third kappa shape index (κ3) is 4.37. The second-order valence-electron chi connectivity index (χ2n) is 5.64. The molecular weight excluding hydrogens is 256 g/mol. The second-order valence-corrected chi connectivity index (χ2v) is 5.64. The first-order valence-corrected chi connectivity index (χ1v) is 7.74. The molecule has 6 nitrogen and oxygen atoms in total. The van der Waals surface area contributed by atoms with E-state index in [2.05, 4.69) is 16.0 Å². The lowest BCUT2D eigenvalue weighted by Gasteiger charge is -2.34. The van der Waals surface area contributed by atoms with Crippen LogP contribution in [0, 0.1) is 0 Å². The number of nitrogens with one attached hydrogen (secondary N) is 3. The lowest BCUT2D eigenvalue weighted by molar-refractivity contribution is -0.120. The molecule has 0 bridgehead atoms. The SMILES string of the molecule is CCNC(=O)N1CCC(NC2CCNC(=O)CC2)CC1. The average molecular weight is 282 g/mol. The van der Waals surface area contributed by atoms with E-state index in [1.807, 2.05) is 11.8 Å². The van der Waals surface area contributed by atoms with Gasteiger partial charge in [-0.25, -0.2) is 4.79 Å². The molecule has 0 radical (unpaired) electrons. The molecule has 1 atom stereocenters. The van der Waals surface area contributed by atoms with Gasteiger partial charge in [0.1, 0.15) is 0 Å². The molecule has 3 amide bonds. The topological polar surface area (TPSA) is 73.5 Å². The van der Waals surface area contributed by atoms with Gasteiger partial charge in [0.25, 0.3) is 0 Å². The highest BCUT2D eigenvalue weighted by atomic mass is 16.2. The van der Waals surface area contributed by atoms with Gasteiger partial charge in [0, 0.05) is 44.7 Å². The fraction of sp³-hybridized carbons (Fsp3) is 0.857. The van der Waals surface area contributed by atoms with Gasteiger partial charge in [-0.05, 0) is 32.6 Å². The summed E-state index contributed by atoms with van der Waals surface area (Å²) < 4.78 is 0. The van der Waals surface area contributed by atoms with Gasteiger partial charge in [0.2, 0.25) is 5.91 Å². The Morgan fingerprint density at radius 3 is 2.65 bits per heavy atom. The Morgan fingerprint density at radius 1 is 1.25 bits per heavy atom. The van der Waals surface area contributed by atoms with Crippen molar-refractivity contribution in [3.8, 4) is 0 Å². The molecule has 0 aliphatic carbocycles. The molecule has 0 saturated carbocycles. The molecule has 2 aliphatic heterocycles. The zero-order valence-corrected chi connectivity index (χ0v) is 12.3. The normalized spacial score (nSPS) is 24.9. The molecule has 1 unspecified atom stereocenters. The fourth-order valence-electron chi connectivity index (χ4n) is 2.94. The van der Waals surface area contributed by atoms with Crippen LogP contribution in [0.1, 0.15) is 39.0 Å². The Bertz CT molecular complexity index is 340. The van der Waals surface area contributed by atoms with Crippen LogP contribution in [0.2, 0.25) is 0 Å². The average Bonchev–Trinajstić information content (AvgIpc) is 2.65. The van der Waals surface area contributed by atoms with Crippen LogP contribution in [0.4, 0.5) is 4.79 Å². The Morgan fingerprint density at radius 2 is 1.95 bits per heavy atom. The zero-order chi connectivity index (χ0) is 14.4. The third-order valence-electron chi connectivity index (χ3n) is 4.12. The van der Waals surface area contributed by atoms with Crippen molar-refractivity contribution in [2.75, 3.05) is 26.2 Å². The van der Waals surface area contributed by atoms with Gasteiger partial charge in [-0.15, -0.1) is 0 Å². The Hall–Kier alpha value is -1.30. The summed E-state index contributed by atoms with van der Waals surface area (Å²) >= 11 is 0. The molecule has 2 fully saturated rings. The number of carbonyl (C=O) groups excluding carboxylic acids is 2. The first-order valence-electron chi connectivity index (χ1n) is 7.74. The Labute approximate surface area is 120 Å². The van der Waals surface area contributed by atoms with E-state index < -0.39 is 0 Å². The summed E-state index contributed by atoms with van der Waals surface area (Å²) in [6, 6.07) is 0.948. The largest absolute Gasteiger partial charge is 0.356 e. The lowest BCUT2D eigenvalue weighted by atomic mass is 10.0. The van der Waals surface area contributed by atoms with Crippen LogP contribution in [-0.4, -0.2) is 55.1 Å². The van der Waals surface area contributed by atoms with E-state index in [0.29, 0.717) is 25.0 Å². The fourth-order valence-corrected chi connectivity index (χ4v) is 2.94. The summed E-state index contributed by atoms with van der Waals surface area (Å²) in [5, 5.41) is 9.41. The highest BCUT2D eigenvalue weighted by Gasteiger charge is 2.25. The number of urea groups is 1. The van der Waals surface area contributed by atoms with Crippen LogP contribution in [0.5, 0.6) is 0 Å². The molecule has 0 aromatic rings. The molecule has 3 N–H and O–H groups in total. The third-order valence-corrected chi connectivity index (χ3v) is 4.12. The van der Waals surface area contributed by atoms with Crippen molar-refractivity contribution >= 4 is 11.9 Å². The van der Waals surface area contributed by atoms with Gasteiger partial charge < -0.3 is 20.9 Å². The number of rotatable bonds is 3. The summed E-state index contributed by atoms with van der Waals surface area (Å²) in [5.41, 5.74) is 0. The van der Waals surface area contributed by atoms with Gasteiger partial charge in [-0.2, -0.15) is 0 Å². The highest BCUT2D eigenvalue weighted by Crippen LogP contribution is 2.14. The molecule has 6 heteroatoms. The van der Waals surface area contributed by atoms with E-state index in [0.717, 1.165) is 45.3 Å². The van der Waals surface area contributed by atoms with Crippen molar-refractivity contribution in [2.45, 2.75) is 51.1 Å². The van der Waals surface area contributed by atoms with Crippen molar-refractivity contribution < 1.29 is 9.59 Å². The summed E-state index contributed by atoms with van der Waals surface area (Å²) in [7, 11) is 0. The number of likely N-dealkylation sites (tertiary alicyclic amines) is 1. The van der Waals surface area contributed by atoms with Crippen molar-refractivity contribution in [3.63, 3.8) is 0 Å². The van der Waals surface area contributed by atoms with E-state index >= 15 is 0 Å². The van der Waals surface area contributed by atoms with E-state index in [1.165, 1.54) is 0 Å². The summed E-state index contributed by atoms with van der Waals surface area (Å²) in [5.74, 6) is 0.167. The van der Waals surface area contributed by atoms with Gasteiger partial charge in [-0.1, -0.05) is 0 Å². The Balaban J connectivity index is 1.71. The summed E-state index contributed by atoms with van der Waals surface area (Å²) in [6.45, 7) is 5.02. The summed E-state index contributed by atoms with van der Waals surface area (Å²) in [4.78, 5) is 24.9. The van der Waals surface area contributed by atoms with Gasteiger partial charge >= 0.3 is 6.03 Å². The first-order chi connectivity index (χ1) is 9.69. The second kappa shape index (κ2) is 7.47. The molecule has 2 aliphatic rings. The number of nitrogens with zero attached hydrogens (tertiary/aromatic N) is 1. The molecule has 20 heavy (non-hydrogen) atoms. The smallest absolute Gasteiger partial charge is 0.317 e. The van der Waals surface area contributed by atoms with Crippen LogP contribution in [0.25, 0.3) is 0 Å². The minimum atomic E-state index is 0.0511. The number of piperidine rings is 1. The van der Waals surface area contributed by atoms with Crippen molar-refractivity contribution in [2.24, 2.45) is 0 Å². The highest BCUT2D eigenvalue weighted by molar-refractivity contribution is 5.76. The lowest BCUT2D eigenvalue weighted by Crippen LogP contribution is -2.50. The minimum absolute atomic E-state index is 0.0511. The maximum Gasteiger partial charge on any atom is 0.317 e. The number of hydrogen-bond donors (Lipinski definition) is 3. The van der Waals surface area contributed by atoms with Crippen molar-refractivity contribution in [1.82, 2.24) is 20.9 Å². The molecular formula is C14H26N4O2. The monoisotopic (exact) mass is 282 g/mol. The zero-order valence-electron chi connectivity index (χ0n) is 12.3. The molecule has 0 aromatic heterocycles. The predicted octanol–water partition coefficient (Wildman–Crippen LogP) is 0.439.